The van der Waals surface area contributed by atoms with Crippen LogP contribution in [0.2, 0.25) is 0 Å². The van der Waals surface area contributed by atoms with E-state index in [1.807, 2.05) is 0 Å². The number of hydrogen-bond acceptors (Lipinski definition) is 5. The Morgan fingerprint density at radius 3 is 2.69 bits per heavy atom. The normalized spacial score (nSPS) is 10.1. The quantitative estimate of drug-likeness (QED) is 0.811. The third-order valence-electron chi connectivity index (χ3n) is 1.97. The van der Waals surface area contributed by atoms with Gasteiger partial charge in [0.1, 0.15) is 5.82 Å². The van der Waals surface area contributed by atoms with Crippen LogP contribution in [-0.4, -0.2) is 15.0 Å². The van der Waals surface area contributed by atoms with Gasteiger partial charge in [0.05, 0.1) is 36.5 Å². The molecule has 0 saturated heterocycles. The van der Waals surface area contributed by atoms with Crippen LogP contribution >= 0.6 is 0 Å². The van der Waals surface area contributed by atoms with Crippen molar-refractivity contribution in [3.63, 3.8) is 0 Å². The fourth-order valence-electron chi connectivity index (χ4n) is 1.16. The van der Waals surface area contributed by atoms with Crippen molar-refractivity contribution >= 4 is 11.4 Å². The van der Waals surface area contributed by atoms with E-state index in [-0.39, 0.29) is 0 Å². The highest BCUT2D eigenvalue weighted by Gasteiger charge is 2.00. The summed E-state index contributed by atoms with van der Waals surface area (Å²) in [5.74, 6) is 0.0364. The molecule has 0 aliphatic rings. The molecule has 0 aromatic carbocycles. The lowest BCUT2D eigenvalue weighted by Crippen LogP contribution is -2.06. The summed E-state index contributed by atoms with van der Waals surface area (Å²) in [5, 5.41) is 3.01. The van der Waals surface area contributed by atoms with Crippen LogP contribution in [0.5, 0.6) is 0 Å². The van der Waals surface area contributed by atoms with Crippen LogP contribution in [0.4, 0.5) is 15.8 Å². The van der Waals surface area contributed by atoms with E-state index in [2.05, 4.69) is 20.3 Å². The summed E-state index contributed by atoms with van der Waals surface area (Å²) >= 11 is 0. The molecule has 0 aliphatic heterocycles. The summed E-state index contributed by atoms with van der Waals surface area (Å²) in [7, 11) is 0. The molecule has 0 fully saturated rings. The first-order valence-electron chi connectivity index (χ1n) is 4.65. The van der Waals surface area contributed by atoms with Gasteiger partial charge in [-0.05, 0) is 6.07 Å². The molecular formula is C10H10FN5. The molecule has 0 amide bonds. The molecular weight excluding hydrogens is 209 g/mol. The van der Waals surface area contributed by atoms with Crippen LogP contribution in [0.15, 0.2) is 30.9 Å². The molecule has 82 valence electrons. The number of anilines is 2. The summed E-state index contributed by atoms with van der Waals surface area (Å²) in [6.07, 6.45) is 5.46. The average Bonchev–Trinajstić information content (AvgIpc) is 2.30. The van der Waals surface area contributed by atoms with E-state index in [1.54, 1.807) is 18.5 Å². The first-order valence-corrected chi connectivity index (χ1v) is 4.65. The Morgan fingerprint density at radius 2 is 2.00 bits per heavy atom. The summed E-state index contributed by atoms with van der Waals surface area (Å²) in [4.78, 5) is 11.6. The molecule has 2 rings (SSSR count). The molecule has 3 N–H and O–H groups in total. The lowest BCUT2D eigenvalue weighted by molar-refractivity contribution is 0.609. The zero-order valence-electron chi connectivity index (χ0n) is 8.39. The lowest BCUT2D eigenvalue weighted by Gasteiger charge is -2.06. The molecule has 2 heterocycles. The Hall–Kier alpha value is -2.24. The topological polar surface area (TPSA) is 76.7 Å². The van der Waals surface area contributed by atoms with Gasteiger partial charge in [0, 0.05) is 6.20 Å². The second kappa shape index (κ2) is 4.52. The highest BCUT2D eigenvalue weighted by Crippen LogP contribution is 2.15. The molecule has 0 unspecified atom stereocenters. The fourth-order valence-corrected chi connectivity index (χ4v) is 1.16. The highest BCUT2D eigenvalue weighted by molar-refractivity contribution is 5.63. The van der Waals surface area contributed by atoms with Crippen molar-refractivity contribution in [1.29, 1.82) is 0 Å². The maximum atomic E-state index is 12.5. The molecule has 0 aliphatic carbocycles. The molecule has 2 aromatic rings. The minimum atomic E-state index is -0.454. The van der Waals surface area contributed by atoms with Gasteiger partial charge < -0.3 is 11.1 Å². The predicted molar refractivity (Wildman–Crippen MR) is 58.0 cm³/mol. The number of pyridine rings is 1. The molecule has 6 heteroatoms. The van der Waals surface area contributed by atoms with Gasteiger partial charge in [-0.25, -0.2) is 14.4 Å². The zero-order valence-corrected chi connectivity index (χ0v) is 8.39. The molecule has 0 radical (unpaired) electrons. The number of nitrogens with two attached hydrogens (primary N) is 1. The van der Waals surface area contributed by atoms with Crippen LogP contribution in [0.25, 0.3) is 0 Å². The number of nitrogen functional groups attached to an aromatic ring is 1. The van der Waals surface area contributed by atoms with Crippen molar-refractivity contribution in [2.75, 3.05) is 11.1 Å². The van der Waals surface area contributed by atoms with E-state index in [1.165, 1.54) is 0 Å². The molecule has 0 saturated carbocycles. The summed E-state index contributed by atoms with van der Waals surface area (Å²) in [5.41, 5.74) is 7.00. The van der Waals surface area contributed by atoms with E-state index < -0.39 is 5.82 Å². The third-order valence-corrected chi connectivity index (χ3v) is 1.97. The van der Waals surface area contributed by atoms with Crippen molar-refractivity contribution in [3.8, 4) is 0 Å². The van der Waals surface area contributed by atoms with Crippen molar-refractivity contribution in [3.05, 3.63) is 42.5 Å². The predicted octanol–water partition coefficient (Wildman–Crippen LogP) is 1.20. The SMILES string of the molecule is Nc1ccncc1NCc1ncc(F)cn1. The number of nitrogens with zero attached hydrogens (tertiary/aromatic N) is 3. The number of halogens is 1. The van der Waals surface area contributed by atoms with Crippen LogP contribution in [0, 0.1) is 5.82 Å². The van der Waals surface area contributed by atoms with Gasteiger partial charge in [0.2, 0.25) is 0 Å². The number of aromatic nitrogens is 3. The summed E-state index contributed by atoms with van der Waals surface area (Å²) < 4.78 is 12.5. The van der Waals surface area contributed by atoms with Crippen molar-refractivity contribution < 1.29 is 4.39 Å². The Kier molecular flexibility index (Phi) is 2.90. The number of nitrogens with one attached hydrogen (secondary N) is 1. The monoisotopic (exact) mass is 219 g/mol. The molecule has 0 bridgehead atoms. The van der Waals surface area contributed by atoms with E-state index in [9.17, 15) is 4.39 Å². The second-order valence-corrected chi connectivity index (χ2v) is 3.13. The standard InChI is InChI=1S/C10H10FN5/c11-7-3-15-10(16-4-7)6-14-9-5-13-2-1-8(9)12/h1-5,14H,6H2,(H2,12,13). The highest BCUT2D eigenvalue weighted by atomic mass is 19.1. The first kappa shape index (κ1) is 10.3. The van der Waals surface area contributed by atoms with Crippen molar-refractivity contribution in [2.24, 2.45) is 0 Å². The van der Waals surface area contributed by atoms with Gasteiger partial charge in [-0.1, -0.05) is 0 Å². The van der Waals surface area contributed by atoms with Gasteiger partial charge in [-0.3, -0.25) is 4.98 Å². The molecule has 2 aromatic heterocycles. The Morgan fingerprint density at radius 1 is 1.25 bits per heavy atom. The van der Waals surface area contributed by atoms with Gasteiger partial charge in [0.25, 0.3) is 0 Å². The Balaban J connectivity index is 2.02. The minimum absolute atomic E-state index is 0.371. The van der Waals surface area contributed by atoms with Crippen molar-refractivity contribution in [2.45, 2.75) is 6.54 Å². The van der Waals surface area contributed by atoms with E-state index in [4.69, 9.17) is 5.73 Å². The molecule has 0 atom stereocenters. The summed E-state index contributed by atoms with van der Waals surface area (Å²) in [6.45, 7) is 0.371. The zero-order chi connectivity index (χ0) is 11.4. The van der Waals surface area contributed by atoms with Crippen LogP contribution in [0.3, 0.4) is 0 Å². The van der Waals surface area contributed by atoms with Crippen molar-refractivity contribution in [1.82, 2.24) is 15.0 Å². The average molecular weight is 219 g/mol. The Labute approximate surface area is 91.6 Å². The van der Waals surface area contributed by atoms with Crippen LogP contribution < -0.4 is 11.1 Å². The second-order valence-electron chi connectivity index (χ2n) is 3.13. The largest absolute Gasteiger partial charge is 0.397 e. The van der Waals surface area contributed by atoms with E-state index in [0.29, 0.717) is 23.7 Å². The van der Waals surface area contributed by atoms with Gasteiger partial charge in [-0.2, -0.15) is 0 Å². The molecule has 16 heavy (non-hydrogen) atoms. The third kappa shape index (κ3) is 2.41. The minimum Gasteiger partial charge on any atom is -0.397 e. The van der Waals surface area contributed by atoms with Gasteiger partial charge in [0.15, 0.2) is 5.82 Å². The maximum Gasteiger partial charge on any atom is 0.159 e. The van der Waals surface area contributed by atoms with E-state index in [0.717, 1.165) is 12.4 Å². The number of hydrogen-bond donors (Lipinski definition) is 2. The van der Waals surface area contributed by atoms with Gasteiger partial charge in [-0.15, -0.1) is 0 Å². The smallest absolute Gasteiger partial charge is 0.159 e. The summed E-state index contributed by atoms with van der Waals surface area (Å²) in [6, 6.07) is 1.69. The lowest BCUT2D eigenvalue weighted by atomic mass is 10.3. The molecule has 0 spiro atoms. The molecule has 5 nitrogen and oxygen atoms in total. The number of rotatable bonds is 3. The maximum absolute atomic E-state index is 12.5. The van der Waals surface area contributed by atoms with Crippen LogP contribution in [-0.2, 0) is 6.54 Å². The fraction of sp³-hybridized carbons (Fsp3) is 0.100. The Bertz CT molecular complexity index is 471. The van der Waals surface area contributed by atoms with Gasteiger partial charge >= 0.3 is 0 Å². The van der Waals surface area contributed by atoms with Crippen LogP contribution in [0.1, 0.15) is 5.82 Å². The van der Waals surface area contributed by atoms with E-state index >= 15 is 0 Å². The first-order chi connectivity index (χ1) is 7.75.